The molecular weight excluding hydrogens is 312 g/mol. The molecule has 132 valence electrons. The summed E-state index contributed by atoms with van der Waals surface area (Å²) in [5.74, 6) is -0.111. The molecule has 0 aliphatic carbocycles. The summed E-state index contributed by atoms with van der Waals surface area (Å²) in [5, 5.41) is 2.93. The van der Waals surface area contributed by atoms with Crippen LogP contribution in [0, 0.1) is 20.8 Å². The van der Waals surface area contributed by atoms with E-state index in [-0.39, 0.29) is 18.2 Å². The van der Waals surface area contributed by atoms with Gasteiger partial charge in [0.05, 0.1) is 0 Å². The third-order valence-corrected chi connectivity index (χ3v) is 4.34. The van der Waals surface area contributed by atoms with Crippen LogP contribution >= 0.6 is 0 Å². The van der Waals surface area contributed by atoms with Crippen molar-refractivity contribution in [2.45, 2.75) is 40.7 Å². The monoisotopic (exact) mass is 338 g/mol. The molecule has 0 fully saturated rings. The Labute approximate surface area is 149 Å². The van der Waals surface area contributed by atoms with Gasteiger partial charge in [-0.05, 0) is 49.1 Å². The predicted molar refractivity (Wildman–Crippen MR) is 102 cm³/mol. The summed E-state index contributed by atoms with van der Waals surface area (Å²) in [4.78, 5) is 25.9. The van der Waals surface area contributed by atoms with Gasteiger partial charge in [0.25, 0.3) is 0 Å². The maximum Gasteiger partial charge on any atom is 0.223 e. The van der Waals surface area contributed by atoms with Gasteiger partial charge in [-0.1, -0.05) is 36.4 Å². The molecule has 0 aliphatic heterocycles. The smallest absolute Gasteiger partial charge is 0.223 e. The van der Waals surface area contributed by atoms with Crippen LogP contribution in [0.3, 0.4) is 0 Å². The van der Waals surface area contributed by atoms with Gasteiger partial charge in [-0.3, -0.25) is 9.59 Å². The Morgan fingerprint density at radius 2 is 1.72 bits per heavy atom. The van der Waals surface area contributed by atoms with Crippen molar-refractivity contribution < 1.29 is 9.59 Å². The fraction of sp³-hybridized carbons (Fsp3) is 0.333. The molecule has 0 unspecified atom stereocenters. The average molecular weight is 338 g/mol. The van der Waals surface area contributed by atoms with Crippen molar-refractivity contribution in [2.24, 2.45) is 0 Å². The predicted octanol–water partition coefficient (Wildman–Crippen LogP) is 3.67. The third kappa shape index (κ3) is 5.18. The zero-order valence-corrected chi connectivity index (χ0v) is 15.4. The number of carbonyl (C=O) groups excluding carboxylic acids is 2. The minimum atomic E-state index is -0.0557. The number of benzene rings is 2. The van der Waals surface area contributed by atoms with E-state index in [4.69, 9.17) is 0 Å². The summed E-state index contributed by atoms with van der Waals surface area (Å²) in [6.07, 6.45) is 0.277. The molecular formula is C21H26N2O2. The van der Waals surface area contributed by atoms with Crippen molar-refractivity contribution in [1.82, 2.24) is 5.32 Å². The minimum Gasteiger partial charge on any atom is -0.352 e. The number of rotatable bonds is 6. The molecule has 2 aromatic carbocycles. The van der Waals surface area contributed by atoms with Crippen LogP contribution in [0.2, 0.25) is 0 Å². The standard InChI is InChI=1S/C21H26N2O2/c1-15-9-10-17(3)20(13-15)23(18(4)24)12-11-21(25)22-14-19-8-6-5-7-16(19)2/h5-10,13H,11-12,14H2,1-4H3,(H,22,25). The van der Waals surface area contributed by atoms with Crippen LogP contribution in [0.5, 0.6) is 0 Å². The first kappa shape index (κ1) is 18.7. The fourth-order valence-corrected chi connectivity index (χ4v) is 2.76. The minimum absolute atomic E-state index is 0.0552. The van der Waals surface area contributed by atoms with Crippen LogP contribution in [-0.2, 0) is 16.1 Å². The summed E-state index contributed by atoms with van der Waals surface area (Å²) < 4.78 is 0. The Morgan fingerprint density at radius 3 is 2.40 bits per heavy atom. The van der Waals surface area contributed by atoms with E-state index in [0.29, 0.717) is 13.1 Å². The van der Waals surface area contributed by atoms with E-state index in [0.717, 1.165) is 27.9 Å². The molecule has 0 bridgehead atoms. The van der Waals surface area contributed by atoms with Gasteiger partial charge in [0, 0.05) is 32.1 Å². The van der Waals surface area contributed by atoms with Crippen molar-refractivity contribution in [2.75, 3.05) is 11.4 Å². The van der Waals surface area contributed by atoms with E-state index in [1.54, 1.807) is 4.90 Å². The Balaban J connectivity index is 1.97. The molecule has 25 heavy (non-hydrogen) atoms. The van der Waals surface area contributed by atoms with E-state index in [1.165, 1.54) is 6.92 Å². The highest BCUT2D eigenvalue weighted by atomic mass is 16.2. The van der Waals surface area contributed by atoms with Crippen molar-refractivity contribution in [1.29, 1.82) is 0 Å². The van der Waals surface area contributed by atoms with Gasteiger partial charge in [0.2, 0.25) is 11.8 Å². The number of aryl methyl sites for hydroxylation is 3. The highest BCUT2D eigenvalue weighted by molar-refractivity contribution is 5.93. The molecule has 2 amide bonds. The van der Waals surface area contributed by atoms with Gasteiger partial charge >= 0.3 is 0 Å². The highest BCUT2D eigenvalue weighted by Crippen LogP contribution is 2.22. The van der Waals surface area contributed by atoms with Crippen LogP contribution in [0.1, 0.15) is 35.6 Å². The number of hydrogen-bond acceptors (Lipinski definition) is 2. The van der Waals surface area contributed by atoms with E-state index in [9.17, 15) is 9.59 Å². The Bertz CT molecular complexity index is 768. The van der Waals surface area contributed by atoms with E-state index in [1.807, 2.05) is 63.2 Å². The largest absolute Gasteiger partial charge is 0.352 e. The van der Waals surface area contributed by atoms with Crippen molar-refractivity contribution in [3.63, 3.8) is 0 Å². The van der Waals surface area contributed by atoms with Crippen LogP contribution in [0.15, 0.2) is 42.5 Å². The summed E-state index contributed by atoms with van der Waals surface area (Å²) in [5.41, 5.74) is 5.26. The van der Waals surface area contributed by atoms with Gasteiger partial charge in [-0.25, -0.2) is 0 Å². The molecule has 0 atom stereocenters. The maximum absolute atomic E-state index is 12.2. The molecule has 0 aliphatic rings. The number of carbonyl (C=O) groups is 2. The van der Waals surface area contributed by atoms with E-state index in [2.05, 4.69) is 5.32 Å². The Kier molecular flexibility index (Phi) is 6.34. The molecule has 0 radical (unpaired) electrons. The van der Waals surface area contributed by atoms with Crippen LogP contribution in [-0.4, -0.2) is 18.4 Å². The third-order valence-electron chi connectivity index (χ3n) is 4.34. The van der Waals surface area contributed by atoms with Gasteiger partial charge in [-0.2, -0.15) is 0 Å². The number of nitrogens with zero attached hydrogens (tertiary/aromatic N) is 1. The zero-order valence-electron chi connectivity index (χ0n) is 15.4. The van der Waals surface area contributed by atoms with Gasteiger partial charge < -0.3 is 10.2 Å². The van der Waals surface area contributed by atoms with Crippen LogP contribution in [0.4, 0.5) is 5.69 Å². The lowest BCUT2D eigenvalue weighted by Gasteiger charge is -2.23. The fourth-order valence-electron chi connectivity index (χ4n) is 2.76. The summed E-state index contributed by atoms with van der Waals surface area (Å²) >= 11 is 0. The molecule has 0 heterocycles. The molecule has 0 saturated heterocycles. The SMILES string of the molecule is CC(=O)N(CCC(=O)NCc1ccccc1C)c1cc(C)ccc1C. The van der Waals surface area contributed by atoms with E-state index >= 15 is 0 Å². The van der Waals surface area contributed by atoms with Crippen LogP contribution < -0.4 is 10.2 Å². The molecule has 2 aromatic rings. The number of amides is 2. The quantitative estimate of drug-likeness (QED) is 0.873. The van der Waals surface area contributed by atoms with E-state index < -0.39 is 0 Å². The molecule has 2 rings (SSSR count). The van der Waals surface area contributed by atoms with Crippen molar-refractivity contribution in [3.05, 3.63) is 64.7 Å². The first-order valence-electron chi connectivity index (χ1n) is 8.55. The molecule has 4 nitrogen and oxygen atoms in total. The Hall–Kier alpha value is -2.62. The topological polar surface area (TPSA) is 49.4 Å². The highest BCUT2D eigenvalue weighted by Gasteiger charge is 2.15. The summed E-state index contributed by atoms with van der Waals surface area (Å²) in [6, 6.07) is 14.0. The zero-order chi connectivity index (χ0) is 18.4. The molecule has 0 saturated carbocycles. The first-order valence-corrected chi connectivity index (χ1v) is 8.55. The average Bonchev–Trinajstić information content (AvgIpc) is 2.57. The second-order valence-electron chi connectivity index (χ2n) is 6.41. The van der Waals surface area contributed by atoms with Gasteiger partial charge in [0.15, 0.2) is 0 Å². The summed E-state index contributed by atoms with van der Waals surface area (Å²) in [6.45, 7) is 8.42. The van der Waals surface area contributed by atoms with Gasteiger partial charge in [0.1, 0.15) is 0 Å². The van der Waals surface area contributed by atoms with Crippen molar-refractivity contribution in [3.8, 4) is 0 Å². The van der Waals surface area contributed by atoms with Gasteiger partial charge in [-0.15, -0.1) is 0 Å². The number of hydrogen-bond donors (Lipinski definition) is 1. The molecule has 4 heteroatoms. The molecule has 0 spiro atoms. The number of anilines is 1. The molecule has 0 aromatic heterocycles. The maximum atomic E-state index is 12.2. The van der Waals surface area contributed by atoms with Crippen LogP contribution in [0.25, 0.3) is 0 Å². The lowest BCUT2D eigenvalue weighted by atomic mass is 10.1. The number of nitrogens with one attached hydrogen (secondary N) is 1. The normalized spacial score (nSPS) is 10.4. The Morgan fingerprint density at radius 1 is 1.00 bits per heavy atom. The summed E-state index contributed by atoms with van der Waals surface area (Å²) in [7, 11) is 0. The lowest BCUT2D eigenvalue weighted by Crippen LogP contribution is -2.34. The lowest BCUT2D eigenvalue weighted by molar-refractivity contribution is -0.121. The first-order chi connectivity index (χ1) is 11.9. The molecule has 1 N–H and O–H groups in total. The second-order valence-corrected chi connectivity index (χ2v) is 6.41. The second kappa shape index (κ2) is 8.47. The van der Waals surface area contributed by atoms with Crippen molar-refractivity contribution >= 4 is 17.5 Å².